The number of hydrogen-bond acceptors (Lipinski definition) is 6. The average Bonchev–Trinajstić information content (AvgIpc) is 3.41. The van der Waals surface area contributed by atoms with Crippen molar-refractivity contribution in [3.05, 3.63) is 60.2 Å². The van der Waals surface area contributed by atoms with Crippen LogP contribution in [-0.2, 0) is 15.1 Å². The molecule has 1 aromatic heterocycles. The number of carbonyl (C=O) groups is 1. The molecule has 2 heterocycles. The van der Waals surface area contributed by atoms with Crippen LogP contribution < -0.4 is 0 Å². The number of piperidine rings is 1. The molecular weight excluding hydrogens is 402 g/mol. The molecule has 1 saturated heterocycles. The fraction of sp³-hybridized carbons (Fsp3) is 0.577. The molecule has 0 spiro atoms. The van der Waals surface area contributed by atoms with E-state index in [0.29, 0.717) is 11.4 Å². The first kappa shape index (κ1) is 22.9. The van der Waals surface area contributed by atoms with Crippen LogP contribution in [0, 0.1) is 5.92 Å². The van der Waals surface area contributed by atoms with E-state index >= 15 is 0 Å². The lowest BCUT2D eigenvalue weighted by atomic mass is 9.80. The first-order valence-corrected chi connectivity index (χ1v) is 12.1. The number of hydrogen-bond donors (Lipinski definition) is 1. The summed E-state index contributed by atoms with van der Waals surface area (Å²) in [5, 5.41) is 11.7. The number of carbonyl (C=O) groups excluding carboxylic acids is 1. The number of rotatable bonds is 9. The molecule has 6 heteroatoms. The van der Waals surface area contributed by atoms with Gasteiger partial charge in [-0.3, -0.25) is 0 Å². The Morgan fingerprint density at radius 3 is 2.41 bits per heavy atom. The van der Waals surface area contributed by atoms with E-state index in [4.69, 9.17) is 4.74 Å². The minimum absolute atomic E-state index is 0.0920. The van der Waals surface area contributed by atoms with Crippen LogP contribution >= 0.6 is 0 Å². The number of esters is 1. The summed E-state index contributed by atoms with van der Waals surface area (Å²) in [6.07, 6.45) is 11.8. The van der Waals surface area contributed by atoms with Gasteiger partial charge in [0.05, 0.1) is 5.92 Å². The fourth-order valence-electron chi connectivity index (χ4n) is 5.17. The number of likely N-dealkylation sites (tertiary alicyclic amines) is 1. The highest BCUT2D eigenvalue weighted by Crippen LogP contribution is 2.41. The van der Waals surface area contributed by atoms with Crippen molar-refractivity contribution in [1.29, 1.82) is 0 Å². The standard InChI is InChI=1S/C26H35N3O3/c30-25(26(31,23-12-5-6-13-23)22-10-3-1-4-11-22)32-20-21(24-27-15-9-16-28-24)14-19-29-17-7-2-8-18-29/h1,3-4,9-11,15-16,21,23,31H,2,5-8,12-14,17-20H2/t21-,26?/m0/s1. The van der Waals surface area contributed by atoms with Crippen molar-refractivity contribution in [3.63, 3.8) is 0 Å². The van der Waals surface area contributed by atoms with E-state index in [1.165, 1.54) is 19.3 Å². The van der Waals surface area contributed by atoms with E-state index in [-0.39, 0.29) is 18.4 Å². The van der Waals surface area contributed by atoms with Crippen molar-refractivity contribution in [2.75, 3.05) is 26.2 Å². The highest BCUT2D eigenvalue weighted by molar-refractivity contribution is 5.81. The summed E-state index contributed by atoms with van der Waals surface area (Å²) < 4.78 is 5.84. The maximum absolute atomic E-state index is 13.4. The van der Waals surface area contributed by atoms with E-state index < -0.39 is 11.6 Å². The van der Waals surface area contributed by atoms with Crippen molar-refractivity contribution in [3.8, 4) is 0 Å². The zero-order chi connectivity index (χ0) is 22.2. The van der Waals surface area contributed by atoms with Crippen LogP contribution in [0.3, 0.4) is 0 Å². The molecule has 1 N–H and O–H groups in total. The predicted octanol–water partition coefficient (Wildman–Crippen LogP) is 4.06. The van der Waals surface area contributed by atoms with Crippen molar-refractivity contribution in [2.45, 2.75) is 62.9 Å². The molecule has 2 atom stereocenters. The van der Waals surface area contributed by atoms with Gasteiger partial charge >= 0.3 is 5.97 Å². The van der Waals surface area contributed by atoms with E-state index in [1.807, 2.05) is 30.3 Å². The quantitative estimate of drug-likeness (QED) is 0.597. The van der Waals surface area contributed by atoms with Gasteiger partial charge < -0.3 is 14.7 Å². The number of ether oxygens (including phenoxy) is 1. The third kappa shape index (κ3) is 5.36. The van der Waals surface area contributed by atoms with E-state index in [1.54, 1.807) is 18.5 Å². The number of aliphatic hydroxyl groups is 1. The Balaban J connectivity index is 1.47. The molecule has 1 aliphatic carbocycles. The summed E-state index contributed by atoms with van der Waals surface area (Å²) in [5.74, 6) is -0.0567. The summed E-state index contributed by atoms with van der Waals surface area (Å²) in [6, 6.07) is 11.1. The zero-order valence-corrected chi connectivity index (χ0v) is 18.9. The molecule has 1 saturated carbocycles. The van der Waals surface area contributed by atoms with Crippen molar-refractivity contribution < 1.29 is 14.6 Å². The van der Waals surface area contributed by atoms with Crippen LogP contribution in [0.4, 0.5) is 0 Å². The van der Waals surface area contributed by atoms with Crippen molar-refractivity contribution in [1.82, 2.24) is 14.9 Å². The van der Waals surface area contributed by atoms with Gasteiger partial charge in [-0.25, -0.2) is 14.8 Å². The maximum Gasteiger partial charge on any atom is 0.343 e. The summed E-state index contributed by atoms with van der Waals surface area (Å²) in [7, 11) is 0. The second-order valence-corrected chi connectivity index (χ2v) is 9.21. The summed E-state index contributed by atoms with van der Waals surface area (Å²) in [5.41, 5.74) is -0.982. The summed E-state index contributed by atoms with van der Waals surface area (Å²) >= 11 is 0. The van der Waals surface area contributed by atoms with Gasteiger partial charge in [-0.1, -0.05) is 49.6 Å². The van der Waals surface area contributed by atoms with Gasteiger partial charge in [0.15, 0.2) is 5.60 Å². The molecule has 4 rings (SSSR count). The molecule has 172 valence electrons. The highest BCUT2D eigenvalue weighted by Gasteiger charge is 2.48. The smallest absolute Gasteiger partial charge is 0.343 e. The van der Waals surface area contributed by atoms with Gasteiger partial charge in [0.1, 0.15) is 12.4 Å². The number of benzene rings is 1. The van der Waals surface area contributed by atoms with Gasteiger partial charge in [-0.2, -0.15) is 0 Å². The minimum Gasteiger partial charge on any atom is -0.463 e. The van der Waals surface area contributed by atoms with E-state index in [2.05, 4.69) is 14.9 Å². The van der Waals surface area contributed by atoms with Crippen LogP contribution in [-0.4, -0.2) is 52.2 Å². The normalized spacial score (nSPS) is 20.5. The first-order chi connectivity index (χ1) is 15.7. The Labute approximate surface area is 191 Å². The molecule has 1 aromatic carbocycles. The van der Waals surface area contributed by atoms with E-state index in [0.717, 1.165) is 51.7 Å². The second kappa shape index (κ2) is 11.0. The van der Waals surface area contributed by atoms with Crippen LogP contribution in [0.5, 0.6) is 0 Å². The molecule has 2 aromatic rings. The van der Waals surface area contributed by atoms with Gasteiger partial charge in [-0.15, -0.1) is 0 Å². The lowest BCUT2D eigenvalue weighted by Crippen LogP contribution is -2.44. The molecule has 1 aliphatic heterocycles. The lowest BCUT2D eigenvalue weighted by molar-refractivity contribution is -0.174. The zero-order valence-electron chi connectivity index (χ0n) is 18.9. The Morgan fingerprint density at radius 1 is 1.03 bits per heavy atom. The third-order valence-electron chi connectivity index (χ3n) is 7.08. The Kier molecular flexibility index (Phi) is 7.87. The monoisotopic (exact) mass is 437 g/mol. The molecular formula is C26H35N3O3. The number of nitrogens with zero attached hydrogens (tertiary/aromatic N) is 3. The average molecular weight is 438 g/mol. The first-order valence-electron chi connectivity index (χ1n) is 12.1. The van der Waals surface area contributed by atoms with Crippen LogP contribution in [0.1, 0.15) is 68.7 Å². The second-order valence-electron chi connectivity index (χ2n) is 9.21. The molecule has 2 fully saturated rings. The topological polar surface area (TPSA) is 75.5 Å². The van der Waals surface area contributed by atoms with Gasteiger partial charge in [-0.05, 0) is 63.4 Å². The van der Waals surface area contributed by atoms with Crippen molar-refractivity contribution >= 4 is 5.97 Å². The van der Waals surface area contributed by atoms with Crippen LogP contribution in [0.15, 0.2) is 48.8 Å². The summed E-state index contributed by atoms with van der Waals surface area (Å²) in [4.78, 5) is 24.7. The van der Waals surface area contributed by atoms with Crippen LogP contribution in [0.2, 0.25) is 0 Å². The summed E-state index contributed by atoms with van der Waals surface area (Å²) in [6.45, 7) is 3.36. The van der Waals surface area contributed by atoms with Gasteiger partial charge in [0, 0.05) is 18.3 Å². The SMILES string of the molecule is O=C(OC[C@H](CCN1CCCCC1)c1ncccn1)C(O)(c1ccccc1)C1CCCC1. The molecule has 32 heavy (non-hydrogen) atoms. The molecule has 0 bridgehead atoms. The lowest BCUT2D eigenvalue weighted by Gasteiger charge is -2.33. The Bertz CT molecular complexity index is 836. The van der Waals surface area contributed by atoms with Gasteiger partial charge in [0.2, 0.25) is 0 Å². The molecule has 0 radical (unpaired) electrons. The third-order valence-corrected chi connectivity index (χ3v) is 7.08. The molecule has 6 nitrogen and oxygen atoms in total. The van der Waals surface area contributed by atoms with Crippen LogP contribution in [0.25, 0.3) is 0 Å². The van der Waals surface area contributed by atoms with Crippen molar-refractivity contribution in [2.24, 2.45) is 5.92 Å². The molecule has 1 unspecified atom stereocenters. The van der Waals surface area contributed by atoms with E-state index in [9.17, 15) is 9.90 Å². The highest BCUT2D eigenvalue weighted by atomic mass is 16.5. The number of aromatic nitrogens is 2. The Hall–Kier alpha value is -2.31. The fourth-order valence-corrected chi connectivity index (χ4v) is 5.17. The molecule has 0 amide bonds. The largest absolute Gasteiger partial charge is 0.463 e. The minimum atomic E-state index is -1.60. The predicted molar refractivity (Wildman–Crippen MR) is 123 cm³/mol. The Morgan fingerprint density at radius 2 is 1.72 bits per heavy atom. The maximum atomic E-state index is 13.4. The van der Waals surface area contributed by atoms with Gasteiger partial charge in [0.25, 0.3) is 0 Å². The molecule has 2 aliphatic rings.